The number of hydrogen-bond acceptors (Lipinski definition) is 5. The zero-order chi connectivity index (χ0) is 26.6. The Bertz CT molecular complexity index is 1420. The number of piperidine rings is 1. The number of imidazole rings is 1. The highest BCUT2D eigenvalue weighted by Crippen LogP contribution is 2.49. The van der Waals surface area contributed by atoms with Crippen LogP contribution in [-0.4, -0.2) is 69.5 Å². The molecular formula is C30H37N5O3. The minimum absolute atomic E-state index is 0.103. The molecule has 0 aliphatic carbocycles. The first kappa shape index (κ1) is 24.8. The summed E-state index contributed by atoms with van der Waals surface area (Å²) in [5, 5.41) is 0. The lowest BCUT2D eigenvalue weighted by atomic mass is 9.82. The summed E-state index contributed by atoms with van der Waals surface area (Å²) >= 11 is 0. The highest BCUT2D eigenvalue weighted by atomic mass is 16.5. The highest BCUT2D eigenvalue weighted by molar-refractivity contribution is 5.83. The van der Waals surface area contributed by atoms with Crippen molar-refractivity contribution in [3.8, 4) is 11.5 Å². The molecule has 0 radical (unpaired) electrons. The van der Waals surface area contributed by atoms with Crippen molar-refractivity contribution in [3.05, 3.63) is 70.8 Å². The molecule has 0 unspecified atom stereocenters. The molecule has 0 saturated carbocycles. The third-order valence-corrected chi connectivity index (χ3v) is 8.80. The molecule has 0 bridgehead atoms. The van der Waals surface area contributed by atoms with Crippen LogP contribution < -0.4 is 9.47 Å². The van der Waals surface area contributed by atoms with Crippen LogP contribution in [0.3, 0.4) is 0 Å². The predicted octanol–water partition coefficient (Wildman–Crippen LogP) is 4.95. The smallest absolute Gasteiger partial charge is 0.325 e. The molecule has 3 aliphatic rings. The zero-order valence-corrected chi connectivity index (χ0v) is 23.0. The largest absolute Gasteiger partial charge is 0.497 e. The Hall–Kier alpha value is -3.52. The van der Waals surface area contributed by atoms with Crippen molar-refractivity contribution in [2.45, 2.75) is 58.2 Å². The Kier molecular flexibility index (Phi) is 6.10. The first-order valence-corrected chi connectivity index (χ1v) is 13.6. The summed E-state index contributed by atoms with van der Waals surface area (Å²) in [6, 6.07) is 10.3. The van der Waals surface area contributed by atoms with Crippen molar-refractivity contribution in [2.24, 2.45) is 0 Å². The lowest BCUT2D eigenvalue weighted by Gasteiger charge is -2.44. The van der Waals surface area contributed by atoms with E-state index in [0.29, 0.717) is 13.1 Å². The fraction of sp³-hybridized carbons (Fsp3) is 0.467. The number of ether oxygens (including phenoxy) is 2. The zero-order valence-electron chi connectivity index (χ0n) is 23.0. The summed E-state index contributed by atoms with van der Waals surface area (Å²) in [6.45, 7) is 10.3. The molecule has 1 atom stereocenters. The van der Waals surface area contributed by atoms with Gasteiger partial charge in [-0.1, -0.05) is 19.1 Å². The van der Waals surface area contributed by atoms with E-state index >= 15 is 0 Å². The second-order valence-corrected chi connectivity index (χ2v) is 10.7. The Labute approximate surface area is 224 Å². The number of aryl methyl sites for hydroxylation is 1. The highest BCUT2D eigenvalue weighted by Gasteiger charge is 2.54. The van der Waals surface area contributed by atoms with Gasteiger partial charge in [0.15, 0.2) is 0 Å². The Balaban J connectivity index is 1.31. The maximum atomic E-state index is 13.9. The summed E-state index contributed by atoms with van der Waals surface area (Å²) in [5.74, 6) is 1.68. The van der Waals surface area contributed by atoms with E-state index in [1.54, 1.807) is 14.2 Å². The summed E-state index contributed by atoms with van der Waals surface area (Å²) in [6.07, 6.45) is 6.24. The van der Waals surface area contributed by atoms with Crippen LogP contribution in [0.2, 0.25) is 0 Å². The van der Waals surface area contributed by atoms with Crippen molar-refractivity contribution in [1.82, 2.24) is 24.1 Å². The summed E-state index contributed by atoms with van der Waals surface area (Å²) in [5.41, 5.74) is 6.41. The summed E-state index contributed by atoms with van der Waals surface area (Å²) in [7, 11) is 3.37. The number of nitrogens with zero attached hydrogens (tertiary/aromatic N) is 5. The van der Waals surface area contributed by atoms with Gasteiger partial charge in [-0.2, -0.15) is 0 Å². The van der Waals surface area contributed by atoms with E-state index in [-0.39, 0.29) is 17.5 Å². The number of urea groups is 1. The molecule has 2 aromatic heterocycles. The van der Waals surface area contributed by atoms with Crippen molar-refractivity contribution < 1.29 is 14.3 Å². The fourth-order valence-electron chi connectivity index (χ4n) is 6.91. The second kappa shape index (κ2) is 9.34. The number of benzene rings is 1. The Morgan fingerprint density at radius 3 is 2.63 bits per heavy atom. The SMILES string of the molecule is CCN1C(=O)N2Cc3cc(OC)cc(OC)c3[C@@H](C)C=C2C12CCN(Cc1c(C)nc3ccccn13)CC2. The minimum Gasteiger partial charge on any atom is -0.497 e. The van der Waals surface area contributed by atoms with E-state index in [1.165, 1.54) is 5.69 Å². The van der Waals surface area contributed by atoms with E-state index in [0.717, 1.165) is 72.1 Å². The van der Waals surface area contributed by atoms with Gasteiger partial charge in [0.1, 0.15) is 17.1 Å². The van der Waals surface area contributed by atoms with E-state index in [4.69, 9.17) is 14.5 Å². The quantitative estimate of drug-likeness (QED) is 0.481. The lowest BCUT2D eigenvalue weighted by Crippen LogP contribution is -2.53. The van der Waals surface area contributed by atoms with Crippen molar-refractivity contribution >= 4 is 11.7 Å². The molecule has 1 aromatic carbocycles. The number of pyridine rings is 1. The third-order valence-electron chi connectivity index (χ3n) is 8.80. The molecule has 1 spiro atoms. The standard InChI is InChI=1S/C30H37N5O3/c1-6-35-29(36)34-18-22-16-23(37-4)17-25(38-5)28(22)20(2)15-26(34)30(35)10-13-32(14-11-30)19-24-21(3)31-27-9-7-8-12-33(24)27/h7-9,12,15-17,20H,6,10-11,13-14,18-19H2,1-5H3/t20-/m0/s1. The molecule has 3 aliphatic heterocycles. The van der Waals surface area contributed by atoms with Crippen LogP contribution in [0, 0.1) is 6.92 Å². The number of carbonyl (C=O) groups excluding carboxylic acids is 1. The summed E-state index contributed by atoms with van der Waals surface area (Å²) < 4.78 is 13.5. The first-order valence-electron chi connectivity index (χ1n) is 13.6. The number of rotatable bonds is 5. The van der Waals surface area contributed by atoms with Gasteiger partial charge in [-0.25, -0.2) is 9.78 Å². The molecular weight excluding hydrogens is 478 g/mol. The van der Waals surface area contributed by atoms with Crippen LogP contribution in [0.4, 0.5) is 4.79 Å². The van der Waals surface area contributed by atoms with Crippen LogP contribution in [0.5, 0.6) is 11.5 Å². The maximum Gasteiger partial charge on any atom is 0.325 e. The van der Waals surface area contributed by atoms with Crippen LogP contribution in [0.1, 0.15) is 55.1 Å². The number of aromatic nitrogens is 2. The van der Waals surface area contributed by atoms with Gasteiger partial charge in [-0.15, -0.1) is 0 Å². The molecule has 2 saturated heterocycles. The van der Waals surface area contributed by atoms with Gasteiger partial charge >= 0.3 is 6.03 Å². The molecule has 2 amide bonds. The van der Waals surface area contributed by atoms with E-state index in [9.17, 15) is 4.79 Å². The number of hydrogen-bond donors (Lipinski definition) is 0. The topological polar surface area (TPSA) is 62.6 Å². The second-order valence-electron chi connectivity index (χ2n) is 10.7. The number of methoxy groups -OCH3 is 2. The molecule has 6 rings (SSSR count). The molecule has 3 aromatic rings. The predicted molar refractivity (Wildman–Crippen MR) is 147 cm³/mol. The van der Waals surface area contributed by atoms with Crippen LogP contribution in [0.15, 0.2) is 48.3 Å². The van der Waals surface area contributed by atoms with Gasteiger partial charge < -0.3 is 18.8 Å². The van der Waals surface area contributed by atoms with Gasteiger partial charge in [0.05, 0.1) is 37.7 Å². The average Bonchev–Trinajstić information content (AvgIpc) is 3.27. The number of likely N-dealkylation sites (N-methyl/N-ethyl adjacent to an activating group) is 1. The monoisotopic (exact) mass is 515 g/mol. The first-order chi connectivity index (χ1) is 18.4. The maximum absolute atomic E-state index is 13.9. The number of carbonyl (C=O) groups is 1. The number of likely N-dealkylation sites (tertiary alicyclic amines) is 1. The van der Waals surface area contributed by atoms with Crippen molar-refractivity contribution in [3.63, 3.8) is 0 Å². The lowest BCUT2D eigenvalue weighted by molar-refractivity contribution is 0.0879. The third kappa shape index (κ3) is 3.68. The Morgan fingerprint density at radius 2 is 1.92 bits per heavy atom. The molecule has 8 nitrogen and oxygen atoms in total. The number of allylic oxidation sites excluding steroid dienone is 1. The van der Waals surface area contributed by atoms with E-state index in [2.05, 4.69) is 65.4 Å². The van der Waals surface area contributed by atoms with Crippen LogP contribution in [0.25, 0.3) is 5.65 Å². The van der Waals surface area contributed by atoms with Crippen LogP contribution in [-0.2, 0) is 13.1 Å². The minimum atomic E-state index is -0.287. The van der Waals surface area contributed by atoms with Gasteiger partial charge in [0.2, 0.25) is 0 Å². The molecule has 2 fully saturated rings. The molecule has 5 heterocycles. The molecule has 38 heavy (non-hydrogen) atoms. The van der Waals surface area contributed by atoms with Crippen LogP contribution >= 0.6 is 0 Å². The van der Waals surface area contributed by atoms with Gasteiger partial charge in [-0.05, 0) is 50.5 Å². The molecule has 8 heteroatoms. The van der Waals surface area contributed by atoms with Crippen molar-refractivity contribution in [1.29, 1.82) is 0 Å². The van der Waals surface area contributed by atoms with E-state index in [1.807, 2.05) is 17.0 Å². The molecule has 200 valence electrons. The Morgan fingerprint density at radius 1 is 1.13 bits per heavy atom. The van der Waals surface area contributed by atoms with Gasteiger partial charge in [-0.3, -0.25) is 9.80 Å². The normalized spacial score (nSPS) is 20.9. The number of fused-ring (bicyclic) bond motifs is 4. The fourth-order valence-corrected chi connectivity index (χ4v) is 6.91. The van der Waals surface area contributed by atoms with Crippen molar-refractivity contribution in [2.75, 3.05) is 33.9 Å². The average molecular weight is 516 g/mol. The van der Waals surface area contributed by atoms with Gasteiger partial charge in [0.25, 0.3) is 0 Å². The summed E-state index contributed by atoms with van der Waals surface area (Å²) in [4.78, 5) is 25.3. The van der Waals surface area contributed by atoms with Gasteiger partial charge in [0, 0.05) is 55.6 Å². The molecule has 0 N–H and O–H groups in total. The number of amides is 2. The van der Waals surface area contributed by atoms with E-state index < -0.39 is 0 Å².